The highest BCUT2D eigenvalue weighted by molar-refractivity contribution is 9.10. The summed E-state index contributed by atoms with van der Waals surface area (Å²) >= 11 is 3.41. The summed E-state index contributed by atoms with van der Waals surface area (Å²) in [6.45, 7) is 1.89. The Morgan fingerprint density at radius 2 is 2.07 bits per heavy atom. The van der Waals surface area contributed by atoms with Gasteiger partial charge in [0.05, 0.1) is 31.1 Å². The third-order valence-corrected chi connectivity index (χ3v) is 6.23. The van der Waals surface area contributed by atoms with E-state index in [-0.39, 0.29) is 25.0 Å². The van der Waals surface area contributed by atoms with E-state index in [1.54, 1.807) is 25.1 Å². The van der Waals surface area contributed by atoms with E-state index in [1.807, 2.05) is 0 Å². The lowest BCUT2D eigenvalue weighted by atomic mass is 9.76. The number of imide groups is 1. The number of carbonyl (C=O) groups excluding carboxylic acids is 3. The second-order valence-electron chi connectivity index (χ2n) is 7.19. The summed E-state index contributed by atoms with van der Waals surface area (Å²) in [4.78, 5) is 40.4. The Morgan fingerprint density at radius 1 is 1.33 bits per heavy atom. The fourth-order valence-electron chi connectivity index (χ4n) is 4.58. The van der Waals surface area contributed by atoms with Crippen molar-refractivity contribution in [3.63, 3.8) is 0 Å². The van der Waals surface area contributed by atoms with Crippen LogP contribution in [0.1, 0.15) is 12.5 Å². The van der Waals surface area contributed by atoms with Crippen molar-refractivity contribution in [2.24, 2.45) is 11.8 Å². The Labute approximate surface area is 164 Å². The zero-order valence-corrected chi connectivity index (χ0v) is 16.4. The van der Waals surface area contributed by atoms with Gasteiger partial charge >= 0.3 is 0 Å². The Bertz CT molecular complexity index is 844. The zero-order chi connectivity index (χ0) is 19.5. The van der Waals surface area contributed by atoms with Crippen LogP contribution in [0.3, 0.4) is 0 Å². The molecular formula is C18H20BrN3O5. The molecule has 8 nitrogen and oxygen atoms in total. The highest BCUT2D eigenvalue weighted by atomic mass is 79.9. The average molecular weight is 438 g/mol. The molecule has 5 atom stereocenters. The number of ether oxygens (including phenoxy) is 1. The van der Waals surface area contributed by atoms with Crippen molar-refractivity contribution in [3.05, 3.63) is 28.2 Å². The molecule has 0 aliphatic carbocycles. The number of rotatable bonds is 4. The summed E-state index contributed by atoms with van der Waals surface area (Å²) in [6.07, 6.45) is -0.917. The second-order valence-corrected chi connectivity index (χ2v) is 8.10. The maximum atomic E-state index is 13.2. The molecule has 0 bridgehead atoms. The number of benzene rings is 1. The summed E-state index contributed by atoms with van der Waals surface area (Å²) in [5.74, 6) is -2.92. The van der Waals surface area contributed by atoms with Gasteiger partial charge in [0.1, 0.15) is 5.54 Å². The van der Waals surface area contributed by atoms with Crippen molar-refractivity contribution in [1.82, 2.24) is 10.2 Å². The highest BCUT2D eigenvalue weighted by Crippen LogP contribution is 2.53. The van der Waals surface area contributed by atoms with Crippen LogP contribution in [0.5, 0.6) is 0 Å². The van der Waals surface area contributed by atoms with Crippen molar-refractivity contribution in [2.45, 2.75) is 24.6 Å². The molecule has 3 heterocycles. The lowest BCUT2D eigenvalue weighted by Crippen LogP contribution is -2.55. The molecule has 0 radical (unpaired) electrons. The van der Waals surface area contributed by atoms with Gasteiger partial charge in [0.15, 0.2) is 0 Å². The van der Waals surface area contributed by atoms with Gasteiger partial charge in [-0.2, -0.15) is 0 Å². The van der Waals surface area contributed by atoms with Crippen molar-refractivity contribution in [2.75, 3.05) is 25.6 Å². The minimum absolute atomic E-state index is 0.122. The molecule has 3 amide bonds. The monoisotopic (exact) mass is 437 g/mol. The molecule has 1 aromatic rings. The van der Waals surface area contributed by atoms with Crippen LogP contribution in [0.4, 0.5) is 5.69 Å². The summed E-state index contributed by atoms with van der Waals surface area (Å²) in [5, 5.41) is 16.3. The lowest BCUT2D eigenvalue weighted by Gasteiger charge is -2.30. The number of hydrogen-bond acceptors (Lipinski definition) is 6. The quantitative estimate of drug-likeness (QED) is 0.580. The second kappa shape index (κ2) is 6.37. The average Bonchev–Trinajstić information content (AvgIpc) is 3.20. The number of aliphatic hydroxyl groups excluding tert-OH is 1. The van der Waals surface area contributed by atoms with Gasteiger partial charge in [-0.15, -0.1) is 0 Å². The SMILES string of the molecule is COCCN1C(=O)[C@@H]2C(C(C)O)NC3(C(=O)Nc4ccc(Br)cc43)[C@@H]2C1=O. The summed E-state index contributed by atoms with van der Waals surface area (Å²) in [6, 6.07) is 4.61. The van der Waals surface area contributed by atoms with Gasteiger partial charge in [0.25, 0.3) is 0 Å². The Hall–Kier alpha value is -1.81. The van der Waals surface area contributed by atoms with Crippen LogP contribution in [-0.2, 0) is 24.7 Å². The number of halogens is 1. The van der Waals surface area contributed by atoms with Crippen molar-refractivity contribution < 1.29 is 24.2 Å². The summed E-state index contributed by atoms with van der Waals surface area (Å²) < 4.78 is 5.76. The van der Waals surface area contributed by atoms with Gasteiger partial charge in [0.2, 0.25) is 17.7 Å². The number of hydrogen-bond donors (Lipinski definition) is 3. The van der Waals surface area contributed by atoms with Crippen LogP contribution >= 0.6 is 15.9 Å². The van der Waals surface area contributed by atoms with Crippen LogP contribution in [0, 0.1) is 11.8 Å². The highest BCUT2D eigenvalue weighted by Gasteiger charge is 2.71. The largest absolute Gasteiger partial charge is 0.392 e. The molecule has 1 aromatic carbocycles. The van der Waals surface area contributed by atoms with E-state index in [4.69, 9.17) is 4.74 Å². The predicted molar refractivity (Wildman–Crippen MR) is 98.6 cm³/mol. The number of nitrogens with one attached hydrogen (secondary N) is 2. The molecule has 9 heteroatoms. The first kappa shape index (κ1) is 18.5. The Balaban J connectivity index is 1.86. The number of anilines is 1. The number of aliphatic hydroxyl groups is 1. The number of carbonyl (C=O) groups is 3. The molecule has 27 heavy (non-hydrogen) atoms. The molecule has 0 saturated carbocycles. The molecule has 3 aliphatic rings. The fraction of sp³-hybridized carbons (Fsp3) is 0.500. The number of fused-ring (bicyclic) bond motifs is 4. The molecule has 2 fully saturated rings. The van der Waals surface area contributed by atoms with Gasteiger partial charge in [0, 0.05) is 28.9 Å². The van der Waals surface area contributed by atoms with Crippen molar-refractivity contribution in [3.8, 4) is 0 Å². The third kappa shape index (κ3) is 2.42. The summed E-state index contributed by atoms with van der Waals surface area (Å²) in [7, 11) is 1.49. The van der Waals surface area contributed by atoms with E-state index in [9.17, 15) is 19.5 Å². The van der Waals surface area contributed by atoms with Crippen molar-refractivity contribution >= 4 is 39.3 Å². The first-order valence-corrected chi connectivity index (χ1v) is 9.53. The molecule has 3 aliphatic heterocycles. The fourth-order valence-corrected chi connectivity index (χ4v) is 4.94. The van der Waals surface area contributed by atoms with Crippen LogP contribution in [0.15, 0.2) is 22.7 Å². The predicted octanol–water partition coefficient (Wildman–Crippen LogP) is 0.197. The number of likely N-dealkylation sites (tertiary alicyclic amines) is 1. The van der Waals surface area contributed by atoms with Crippen LogP contribution in [0.25, 0.3) is 0 Å². The van der Waals surface area contributed by atoms with Crippen molar-refractivity contribution in [1.29, 1.82) is 0 Å². The minimum atomic E-state index is -1.39. The van der Waals surface area contributed by atoms with E-state index in [2.05, 4.69) is 26.6 Å². The minimum Gasteiger partial charge on any atom is -0.392 e. The molecule has 3 N–H and O–H groups in total. The van der Waals surface area contributed by atoms with Gasteiger partial charge in [-0.3, -0.25) is 24.6 Å². The smallest absolute Gasteiger partial charge is 0.250 e. The Morgan fingerprint density at radius 3 is 2.74 bits per heavy atom. The van der Waals surface area contributed by atoms with Crippen LogP contribution in [-0.4, -0.2) is 60.1 Å². The molecule has 1 spiro atoms. The number of nitrogens with zero attached hydrogens (tertiary/aromatic N) is 1. The molecule has 3 unspecified atom stereocenters. The standard InChI is InChI=1S/C18H20BrN3O5/c1-8(23)14-12-13(16(25)22(15(12)24)5-6-27-2)18(21-14)10-7-9(19)3-4-11(10)20-17(18)26/h3-4,7-8,12-14,21,23H,5-6H2,1-2H3,(H,20,26)/t8?,12-,13-,14?,18?/m0/s1. The molecule has 144 valence electrons. The van der Waals surface area contributed by atoms with E-state index in [0.29, 0.717) is 11.3 Å². The zero-order valence-electron chi connectivity index (χ0n) is 14.9. The van der Waals surface area contributed by atoms with Gasteiger partial charge in [-0.25, -0.2) is 0 Å². The third-order valence-electron chi connectivity index (χ3n) is 5.74. The molecular weight excluding hydrogens is 418 g/mol. The topological polar surface area (TPSA) is 108 Å². The molecule has 2 saturated heterocycles. The van der Waals surface area contributed by atoms with E-state index in [0.717, 1.165) is 9.37 Å². The van der Waals surface area contributed by atoms with Gasteiger partial charge in [-0.05, 0) is 25.1 Å². The van der Waals surface area contributed by atoms with Crippen LogP contribution in [0.2, 0.25) is 0 Å². The molecule has 4 rings (SSSR count). The first-order valence-electron chi connectivity index (χ1n) is 8.74. The van der Waals surface area contributed by atoms with E-state index < -0.39 is 35.4 Å². The first-order chi connectivity index (χ1) is 12.8. The number of amides is 3. The van der Waals surface area contributed by atoms with Crippen LogP contribution < -0.4 is 10.6 Å². The Kier molecular flexibility index (Phi) is 4.38. The van der Waals surface area contributed by atoms with E-state index >= 15 is 0 Å². The summed E-state index contributed by atoms with van der Waals surface area (Å²) in [5.41, 5.74) is -0.189. The number of methoxy groups -OCH3 is 1. The maximum Gasteiger partial charge on any atom is 0.250 e. The lowest BCUT2D eigenvalue weighted by molar-refractivity contribution is -0.143. The molecule has 0 aromatic heterocycles. The maximum absolute atomic E-state index is 13.2. The van der Waals surface area contributed by atoms with Gasteiger partial charge in [-0.1, -0.05) is 15.9 Å². The van der Waals surface area contributed by atoms with E-state index in [1.165, 1.54) is 7.11 Å². The van der Waals surface area contributed by atoms with Gasteiger partial charge < -0.3 is 15.2 Å². The normalized spacial score (nSPS) is 32.8.